The van der Waals surface area contributed by atoms with Gasteiger partial charge >= 0.3 is 5.97 Å². The van der Waals surface area contributed by atoms with Gasteiger partial charge in [-0.05, 0) is 25.1 Å². The van der Waals surface area contributed by atoms with Gasteiger partial charge in [0.15, 0.2) is 5.82 Å². The van der Waals surface area contributed by atoms with Crippen LogP contribution in [0.2, 0.25) is 0 Å². The molecule has 2 N–H and O–H groups in total. The van der Waals surface area contributed by atoms with Crippen molar-refractivity contribution >= 4 is 17.5 Å². The molecule has 1 aromatic heterocycles. The first-order valence-corrected chi connectivity index (χ1v) is 5.05. The third-order valence-corrected chi connectivity index (χ3v) is 2.25. The molecule has 0 spiro atoms. The Hall–Kier alpha value is -2.43. The van der Waals surface area contributed by atoms with Gasteiger partial charge in [-0.2, -0.15) is 0 Å². The minimum Gasteiger partial charge on any atom is -0.478 e. The number of carbonyl (C=O) groups is 1. The number of carboxylic acids is 1. The summed E-state index contributed by atoms with van der Waals surface area (Å²) in [7, 11) is 0. The summed E-state index contributed by atoms with van der Waals surface area (Å²) in [6.07, 6.45) is 3.19. The van der Waals surface area contributed by atoms with Crippen LogP contribution in [0.5, 0.6) is 0 Å². The summed E-state index contributed by atoms with van der Waals surface area (Å²) >= 11 is 0. The Morgan fingerprint density at radius 2 is 2.06 bits per heavy atom. The van der Waals surface area contributed by atoms with Crippen LogP contribution in [-0.2, 0) is 0 Å². The Kier molecular flexibility index (Phi) is 3.00. The second-order valence-electron chi connectivity index (χ2n) is 3.50. The molecule has 0 aliphatic carbocycles. The highest BCUT2D eigenvalue weighted by molar-refractivity contribution is 5.89. The van der Waals surface area contributed by atoms with Gasteiger partial charge in [-0.3, -0.25) is 4.98 Å². The number of aryl methyl sites for hydroxylation is 1. The standard InChI is InChI=1S/C12H11N3O2/c1-8-11(14-6-5-13-8)15-10-4-2-3-9(7-10)12(16)17/h2-7H,1H3,(H,14,15)(H,16,17). The van der Waals surface area contributed by atoms with Crippen LogP contribution in [0.1, 0.15) is 16.1 Å². The number of hydrogen-bond donors (Lipinski definition) is 2. The van der Waals surface area contributed by atoms with Crippen LogP contribution in [0.3, 0.4) is 0 Å². The predicted molar refractivity (Wildman–Crippen MR) is 63.5 cm³/mol. The molecule has 0 aliphatic heterocycles. The molecule has 0 bridgehead atoms. The van der Waals surface area contributed by atoms with Gasteiger partial charge in [0.05, 0.1) is 11.3 Å². The van der Waals surface area contributed by atoms with Crippen LogP contribution >= 0.6 is 0 Å². The summed E-state index contributed by atoms with van der Waals surface area (Å²) in [5.74, 6) is -0.334. The Morgan fingerprint density at radius 1 is 1.29 bits per heavy atom. The molecule has 0 aliphatic rings. The van der Waals surface area contributed by atoms with Gasteiger partial charge in [0, 0.05) is 18.1 Å². The topological polar surface area (TPSA) is 75.1 Å². The lowest BCUT2D eigenvalue weighted by molar-refractivity contribution is 0.0697. The molecule has 17 heavy (non-hydrogen) atoms. The van der Waals surface area contributed by atoms with E-state index in [2.05, 4.69) is 15.3 Å². The minimum absolute atomic E-state index is 0.233. The highest BCUT2D eigenvalue weighted by Crippen LogP contribution is 2.17. The molecule has 1 aromatic carbocycles. The molecule has 2 aromatic rings. The van der Waals surface area contributed by atoms with Crippen LogP contribution in [0.25, 0.3) is 0 Å². The van der Waals surface area contributed by atoms with Crippen LogP contribution < -0.4 is 5.32 Å². The predicted octanol–water partition coefficient (Wildman–Crippen LogP) is 2.23. The minimum atomic E-state index is -0.954. The van der Waals surface area contributed by atoms with E-state index in [1.54, 1.807) is 30.6 Å². The summed E-state index contributed by atoms with van der Waals surface area (Å²) < 4.78 is 0. The molecule has 1 heterocycles. The molecule has 0 amide bonds. The number of nitrogens with zero attached hydrogens (tertiary/aromatic N) is 2. The fraction of sp³-hybridized carbons (Fsp3) is 0.0833. The molecule has 2 rings (SSSR count). The zero-order valence-electron chi connectivity index (χ0n) is 9.21. The lowest BCUT2D eigenvalue weighted by atomic mass is 10.2. The van der Waals surface area contributed by atoms with Gasteiger partial charge in [-0.25, -0.2) is 9.78 Å². The van der Waals surface area contributed by atoms with Crippen LogP contribution in [0.4, 0.5) is 11.5 Å². The largest absolute Gasteiger partial charge is 0.478 e. The van der Waals surface area contributed by atoms with Gasteiger partial charge < -0.3 is 10.4 Å². The summed E-state index contributed by atoms with van der Waals surface area (Å²) in [6.45, 7) is 1.83. The van der Waals surface area contributed by atoms with E-state index in [0.717, 1.165) is 5.69 Å². The zero-order valence-corrected chi connectivity index (χ0v) is 9.21. The fourth-order valence-corrected chi connectivity index (χ4v) is 1.40. The van der Waals surface area contributed by atoms with Crippen molar-refractivity contribution in [1.29, 1.82) is 0 Å². The number of benzene rings is 1. The molecule has 0 atom stereocenters. The molecule has 0 fully saturated rings. The van der Waals surface area contributed by atoms with Gasteiger partial charge in [0.1, 0.15) is 0 Å². The summed E-state index contributed by atoms with van der Waals surface area (Å²) in [5, 5.41) is 11.9. The van der Waals surface area contributed by atoms with Crippen molar-refractivity contribution in [3.63, 3.8) is 0 Å². The van der Waals surface area contributed by atoms with Crippen molar-refractivity contribution < 1.29 is 9.90 Å². The molecule has 86 valence electrons. The van der Waals surface area contributed by atoms with Crippen molar-refractivity contribution in [3.05, 3.63) is 47.9 Å². The first-order chi connectivity index (χ1) is 8.16. The average Bonchev–Trinajstić information content (AvgIpc) is 2.32. The zero-order chi connectivity index (χ0) is 12.3. The Balaban J connectivity index is 2.28. The Bertz CT molecular complexity index is 555. The van der Waals surface area contributed by atoms with E-state index in [0.29, 0.717) is 11.5 Å². The van der Waals surface area contributed by atoms with Crippen molar-refractivity contribution in [1.82, 2.24) is 9.97 Å². The van der Waals surface area contributed by atoms with Gasteiger partial charge in [-0.1, -0.05) is 6.07 Å². The van der Waals surface area contributed by atoms with Crippen molar-refractivity contribution in [2.24, 2.45) is 0 Å². The molecular formula is C12H11N3O2. The first-order valence-electron chi connectivity index (χ1n) is 5.05. The summed E-state index contributed by atoms with van der Waals surface area (Å²) in [6, 6.07) is 6.55. The highest BCUT2D eigenvalue weighted by atomic mass is 16.4. The van der Waals surface area contributed by atoms with Crippen LogP contribution in [0.15, 0.2) is 36.7 Å². The van der Waals surface area contributed by atoms with E-state index in [-0.39, 0.29) is 5.56 Å². The molecule has 0 radical (unpaired) electrons. The van der Waals surface area contributed by atoms with E-state index >= 15 is 0 Å². The number of nitrogens with one attached hydrogen (secondary N) is 1. The molecular weight excluding hydrogens is 218 g/mol. The second-order valence-corrected chi connectivity index (χ2v) is 3.50. The number of aromatic carboxylic acids is 1. The lowest BCUT2D eigenvalue weighted by Gasteiger charge is -2.07. The Morgan fingerprint density at radius 3 is 2.76 bits per heavy atom. The number of hydrogen-bond acceptors (Lipinski definition) is 4. The number of aromatic nitrogens is 2. The Labute approximate surface area is 98.2 Å². The summed E-state index contributed by atoms with van der Waals surface area (Å²) in [5.41, 5.74) is 1.67. The van der Waals surface area contributed by atoms with E-state index in [9.17, 15) is 4.79 Å². The average molecular weight is 229 g/mol. The molecule has 0 unspecified atom stereocenters. The van der Waals surface area contributed by atoms with E-state index in [4.69, 9.17) is 5.11 Å². The van der Waals surface area contributed by atoms with E-state index in [1.165, 1.54) is 6.07 Å². The molecule has 5 heteroatoms. The molecule has 0 saturated carbocycles. The van der Waals surface area contributed by atoms with Crippen molar-refractivity contribution in [2.45, 2.75) is 6.92 Å². The smallest absolute Gasteiger partial charge is 0.335 e. The van der Waals surface area contributed by atoms with Crippen molar-refractivity contribution in [3.8, 4) is 0 Å². The fourth-order valence-electron chi connectivity index (χ4n) is 1.40. The first kappa shape index (κ1) is 11.1. The highest BCUT2D eigenvalue weighted by Gasteiger charge is 2.05. The molecule has 5 nitrogen and oxygen atoms in total. The van der Waals surface area contributed by atoms with Gasteiger partial charge in [0.2, 0.25) is 0 Å². The monoisotopic (exact) mass is 229 g/mol. The maximum absolute atomic E-state index is 10.8. The second kappa shape index (κ2) is 4.61. The van der Waals surface area contributed by atoms with E-state index < -0.39 is 5.97 Å². The van der Waals surface area contributed by atoms with E-state index in [1.807, 2.05) is 6.92 Å². The van der Waals surface area contributed by atoms with Gasteiger partial charge in [-0.15, -0.1) is 0 Å². The maximum atomic E-state index is 10.8. The normalized spacial score (nSPS) is 9.94. The van der Waals surface area contributed by atoms with Crippen molar-refractivity contribution in [2.75, 3.05) is 5.32 Å². The third-order valence-electron chi connectivity index (χ3n) is 2.25. The number of anilines is 2. The van der Waals surface area contributed by atoms with Crippen LogP contribution in [-0.4, -0.2) is 21.0 Å². The quantitative estimate of drug-likeness (QED) is 0.844. The maximum Gasteiger partial charge on any atom is 0.335 e. The number of carboxylic acid groups (broad SMARTS) is 1. The number of rotatable bonds is 3. The van der Waals surface area contributed by atoms with Gasteiger partial charge in [0.25, 0.3) is 0 Å². The lowest BCUT2D eigenvalue weighted by Crippen LogP contribution is -2.00. The molecule has 0 saturated heterocycles. The summed E-state index contributed by atoms with van der Waals surface area (Å²) in [4.78, 5) is 19.0. The SMILES string of the molecule is Cc1nccnc1Nc1cccc(C(=O)O)c1. The third kappa shape index (κ3) is 2.57. The van der Waals surface area contributed by atoms with Crippen LogP contribution in [0, 0.1) is 6.92 Å².